The SMILES string of the molecule is CC(C)n1nnnc1CCNC(=O)CCC(=O)c1ccccc1. The van der Waals surface area contributed by atoms with E-state index in [9.17, 15) is 9.59 Å². The van der Waals surface area contributed by atoms with E-state index >= 15 is 0 Å². The van der Waals surface area contributed by atoms with E-state index in [2.05, 4.69) is 20.8 Å². The molecule has 122 valence electrons. The second-order valence-electron chi connectivity index (χ2n) is 5.52. The van der Waals surface area contributed by atoms with Crippen LogP contribution < -0.4 is 5.32 Å². The van der Waals surface area contributed by atoms with E-state index < -0.39 is 0 Å². The maximum absolute atomic E-state index is 11.9. The molecule has 0 atom stereocenters. The van der Waals surface area contributed by atoms with Crippen LogP contribution in [0.25, 0.3) is 0 Å². The van der Waals surface area contributed by atoms with Crippen molar-refractivity contribution >= 4 is 11.7 Å². The normalized spacial score (nSPS) is 10.7. The number of hydrogen-bond acceptors (Lipinski definition) is 5. The number of nitrogens with one attached hydrogen (secondary N) is 1. The van der Waals surface area contributed by atoms with Crippen molar-refractivity contribution in [3.63, 3.8) is 0 Å². The van der Waals surface area contributed by atoms with Crippen molar-refractivity contribution in [1.29, 1.82) is 0 Å². The van der Waals surface area contributed by atoms with E-state index in [1.807, 2.05) is 32.0 Å². The lowest BCUT2D eigenvalue weighted by molar-refractivity contribution is -0.121. The maximum atomic E-state index is 11.9. The van der Waals surface area contributed by atoms with Gasteiger partial charge in [-0.2, -0.15) is 0 Å². The highest BCUT2D eigenvalue weighted by atomic mass is 16.2. The molecule has 0 saturated carbocycles. The summed E-state index contributed by atoms with van der Waals surface area (Å²) in [5, 5.41) is 14.3. The van der Waals surface area contributed by atoms with Gasteiger partial charge in [0.05, 0.1) is 6.04 Å². The first-order valence-corrected chi connectivity index (χ1v) is 7.69. The fraction of sp³-hybridized carbons (Fsp3) is 0.438. The number of aromatic nitrogens is 4. The van der Waals surface area contributed by atoms with Gasteiger partial charge in [-0.05, 0) is 24.3 Å². The fourth-order valence-corrected chi connectivity index (χ4v) is 2.18. The number of Topliss-reactive ketones (excluding diaryl/α,β-unsaturated/α-hetero) is 1. The first-order valence-electron chi connectivity index (χ1n) is 7.69. The van der Waals surface area contributed by atoms with Crippen molar-refractivity contribution in [1.82, 2.24) is 25.5 Å². The van der Waals surface area contributed by atoms with Gasteiger partial charge in [-0.1, -0.05) is 30.3 Å². The molecule has 0 aliphatic rings. The van der Waals surface area contributed by atoms with E-state index in [0.29, 0.717) is 18.5 Å². The van der Waals surface area contributed by atoms with Crippen molar-refractivity contribution in [2.45, 2.75) is 39.2 Å². The van der Waals surface area contributed by atoms with Crippen molar-refractivity contribution in [3.8, 4) is 0 Å². The second-order valence-corrected chi connectivity index (χ2v) is 5.52. The van der Waals surface area contributed by atoms with Crippen LogP contribution in [0.15, 0.2) is 30.3 Å². The lowest BCUT2D eigenvalue weighted by atomic mass is 10.1. The number of hydrogen-bond donors (Lipinski definition) is 1. The van der Waals surface area contributed by atoms with E-state index in [4.69, 9.17) is 0 Å². The Morgan fingerprint density at radius 3 is 2.61 bits per heavy atom. The van der Waals surface area contributed by atoms with Crippen LogP contribution in [-0.2, 0) is 11.2 Å². The van der Waals surface area contributed by atoms with E-state index in [-0.39, 0.29) is 30.6 Å². The topological polar surface area (TPSA) is 89.8 Å². The summed E-state index contributed by atoms with van der Waals surface area (Å²) in [6, 6.07) is 9.17. The van der Waals surface area contributed by atoms with Gasteiger partial charge in [0, 0.05) is 31.4 Å². The van der Waals surface area contributed by atoms with Gasteiger partial charge >= 0.3 is 0 Å². The van der Waals surface area contributed by atoms with Crippen molar-refractivity contribution in [2.75, 3.05) is 6.54 Å². The Labute approximate surface area is 135 Å². The molecule has 1 amide bonds. The van der Waals surface area contributed by atoms with Crippen LogP contribution >= 0.6 is 0 Å². The summed E-state index contributed by atoms with van der Waals surface area (Å²) in [4.78, 5) is 23.7. The number of tetrazole rings is 1. The first kappa shape index (κ1) is 16.8. The highest BCUT2D eigenvalue weighted by Crippen LogP contribution is 2.06. The predicted molar refractivity (Wildman–Crippen MR) is 84.9 cm³/mol. The Morgan fingerprint density at radius 2 is 1.91 bits per heavy atom. The van der Waals surface area contributed by atoms with E-state index in [1.165, 1.54) is 0 Å². The number of carbonyl (C=O) groups excluding carboxylic acids is 2. The predicted octanol–water partition coefficient (Wildman–Crippen LogP) is 1.58. The molecule has 2 aromatic rings. The highest BCUT2D eigenvalue weighted by molar-refractivity contribution is 5.97. The van der Waals surface area contributed by atoms with Crippen LogP contribution in [0.5, 0.6) is 0 Å². The zero-order valence-corrected chi connectivity index (χ0v) is 13.4. The van der Waals surface area contributed by atoms with Crippen molar-refractivity contribution < 1.29 is 9.59 Å². The molecule has 1 aromatic heterocycles. The number of nitrogens with zero attached hydrogens (tertiary/aromatic N) is 4. The number of ketones is 1. The Hall–Kier alpha value is -2.57. The molecule has 7 nitrogen and oxygen atoms in total. The van der Waals surface area contributed by atoms with Gasteiger partial charge in [-0.3, -0.25) is 9.59 Å². The second kappa shape index (κ2) is 8.17. The molecule has 0 aliphatic carbocycles. The zero-order valence-electron chi connectivity index (χ0n) is 13.4. The Bertz CT molecular complexity index is 652. The molecule has 1 aromatic carbocycles. The summed E-state index contributed by atoms with van der Waals surface area (Å²) in [6.07, 6.45) is 0.950. The van der Waals surface area contributed by atoms with Gasteiger partial charge in [0.25, 0.3) is 0 Å². The molecule has 0 fully saturated rings. The van der Waals surface area contributed by atoms with Crippen LogP contribution in [0.3, 0.4) is 0 Å². The minimum absolute atomic E-state index is 0.0236. The summed E-state index contributed by atoms with van der Waals surface area (Å²) in [5.74, 6) is 0.572. The van der Waals surface area contributed by atoms with Gasteiger partial charge < -0.3 is 5.32 Å². The average Bonchev–Trinajstić information content (AvgIpc) is 3.02. The molecule has 0 spiro atoms. The maximum Gasteiger partial charge on any atom is 0.220 e. The summed E-state index contributed by atoms with van der Waals surface area (Å²) >= 11 is 0. The summed E-state index contributed by atoms with van der Waals surface area (Å²) in [5.41, 5.74) is 0.636. The molecular weight excluding hydrogens is 294 g/mol. The number of amides is 1. The van der Waals surface area contributed by atoms with Gasteiger partial charge in [0.2, 0.25) is 5.91 Å². The largest absolute Gasteiger partial charge is 0.356 e. The third-order valence-electron chi connectivity index (χ3n) is 3.40. The fourth-order valence-electron chi connectivity index (χ4n) is 2.18. The van der Waals surface area contributed by atoms with Gasteiger partial charge in [-0.15, -0.1) is 5.10 Å². The molecule has 0 bridgehead atoms. The lowest BCUT2D eigenvalue weighted by Crippen LogP contribution is -2.27. The standard InChI is InChI=1S/C16H21N5O2/c1-12(2)21-15(18-19-20-21)10-11-17-16(23)9-8-14(22)13-6-4-3-5-7-13/h3-7,12H,8-11H2,1-2H3,(H,17,23). The van der Waals surface area contributed by atoms with Crippen molar-refractivity contribution in [2.24, 2.45) is 0 Å². The minimum atomic E-state index is -0.141. The number of rotatable bonds is 8. The van der Waals surface area contributed by atoms with Gasteiger partial charge in [0.1, 0.15) is 0 Å². The number of benzene rings is 1. The van der Waals surface area contributed by atoms with Crippen LogP contribution in [0.4, 0.5) is 0 Å². The third kappa shape index (κ3) is 4.98. The Morgan fingerprint density at radius 1 is 1.17 bits per heavy atom. The average molecular weight is 315 g/mol. The molecule has 0 radical (unpaired) electrons. The minimum Gasteiger partial charge on any atom is -0.356 e. The zero-order chi connectivity index (χ0) is 16.7. The monoisotopic (exact) mass is 315 g/mol. The van der Waals surface area contributed by atoms with Crippen LogP contribution in [0.2, 0.25) is 0 Å². The summed E-state index contributed by atoms with van der Waals surface area (Å²) in [7, 11) is 0. The van der Waals surface area contributed by atoms with E-state index in [0.717, 1.165) is 5.82 Å². The smallest absolute Gasteiger partial charge is 0.220 e. The van der Waals surface area contributed by atoms with Gasteiger partial charge in [-0.25, -0.2) is 4.68 Å². The number of carbonyl (C=O) groups is 2. The molecule has 23 heavy (non-hydrogen) atoms. The van der Waals surface area contributed by atoms with E-state index in [1.54, 1.807) is 16.8 Å². The quantitative estimate of drug-likeness (QED) is 0.747. The molecule has 2 rings (SSSR count). The summed E-state index contributed by atoms with van der Waals surface area (Å²) in [6.45, 7) is 4.44. The summed E-state index contributed by atoms with van der Waals surface area (Å²) < 4.78 is 1.73. The third-order valence-corrected chi connectivity index (χ3v) is 3.40. The van der Waals surface area contributed by atoms with Crippen LogP contribution in [-0.4, -0.2) is 38.4 Å². The lowest BCUT2D eigenvalue weighted by Gasteiger charge is -2.08. The molecule has 1 N–H and O–H groups in total. The van der Waals surface area contributed by atoms with Crippen LogP contribution in [0, 0.1) is 0 Å². The molecule has 7 heteroatoms. The highest BCUT2D eigenvalue weighted by Gasteiger charge is 2.11. The Balaban J connectivity index is 1.71. The molecule has 1 heterocycles. The molecule has 0 unspecified atom stereocenters. The molecular formula is C16H21N5O2. The molecule has 0 saturated heterocycles. The van der Waals surface area contributed by atoms with Crippen LogP contribution in [0.1, 0.15) is 48.9 Å². The molecule has 0 aliphatic heterocycles. The Kier molecular flexibility index (Phi) is 5.96. The first-order chi connectivity index (χ1) is 11.1. The van der Waals surface area contributed by atoms with Gasteiger partial charge in [0.15, 0.2) is 11.6 Å². The van der Waals surface area contributed by atoms with Crippen molar-refractivity contribution in [3.05, 3.63) is 41.7 Å².